The molecule has 0 aliphatic rings. The first-order valence-corrected chi connectivity index (χ1v) is 4.57. The van der Waals surface area contributed by atoms with Gasteiger partial charge in [-0.05, 0) is 17.7 Å². The zero-order valence-corrected chi connectivity index (χ0v) is 8.43. The molecule has 1 aromatic rings. The highest BCUT2D eigenvalue weighted by Gasteiger charge is 2.30. The average Bonchev–Trinajstić information content (AvgIpc) is 2.15. The minimum Gasteiger partial charge on any atom is -0.197 e. The lowest BCUT2D eigenvalue weighted by molar-refractivity contribution is -0.137. The second-order valence-electron chi connectivity index (χ2n) is 2.61. The maximum absolute atomic E-state index is 12.1. The average molecular weight is 264 g/mol. The first kappa shape index (κ1) is 11.1. The highest BCUT2D eigenvalue weighted by atomic mass is 79.9. The van der Waals surface area contributed by atoms with Crippen molar-refractivity contribution < 1.29 is 13.2 Å². The van der Waals surface area contributed by atoms with Gasteiger partial charge in [0.2, 0.25) is 0 Å². The smallest absolute Gasteiger partial charge is 0.197 e. The Morgan fingerprint density at radius 1 is 1.21 bits per heavy atom. The van der Waals surface area contributed by atoms with Crippen molar-refractivity contribution >= 4 is 15.9 Å². The van der Waals surface area contributed by atoms with Crippen LogP contribution in [-0.2, 0) is 6.18 Å². The molecule has 0 spiro atoms. The van der Waals surface area contributed by atoms with Gasteiger partial charge in [-0.2, -0.15) is 18.4 Å². The van der Waals surface area contributed by atoms with Gasteiger partial charge in [-0.1, -0.05) is 28.1 Å². The summed E-state index contributed by atoms with van der Waals surface area (Å²) in [6, 6.07) is 6.36. The Balaban J connectivity index is 2.96. The van der Waals surface area contributed by atoms with E-state index in [9.17, 15) is 13.2 Å². The van der Waals surface area contributed by atoms with Gasteiger partial charge in [-0.25, -0.2) is 0 Å². The zero-order chi connectivity index (χ0) is 10.8. The van der Waals surface area contributed by atoms with Crippen LogP contribution in [0.25, 0.3) is 0 Å². The summed E-state index contributed by atoms with van der Waals surface area (Å²) in [6.07, 6.45) is -4.33. The molecular weight excluding hydrogens is 259 g/mol. The van der Waals surface area contributed by atoms with Crippen molar-refractivity contribution in [2.45, 2.75) is 11.0 Å². The van der Waals surface area contributed by atoms with Gasteiger partial charge in [0.1, 0.15) is 4.83 Å². The summed E-state index contributed by atoms with van der Waals surface area (Å²) in [6.45, 7) is 0. The lowest BCUT2D eigenvalue weighted by atomic mass is 10.1. The Morgan fingerprint density at radius 2 is 1.71 bits per heavy atom. The number of hydrogen-bond donors (Lipinski definition) is 0. The van der Waals surface area contributed by atoms with Gasteiger partial charge in [0.25, 0.3) is 0 Å². The van der Waals surface area contributed by atoms with Crippen molar-refractivity contribution in [2.24, 2.45) is 0 Å². The Hall–Kier alpha value is -1.02. The molecule has 1 nitrogen and oxygen atoms in total. The molecule has 5 heteroatoms. The Morgan fingerprint density at radius 3 is 2.07 bits per heavy atom. The summed E-state index contributed by atoms with van der Waals surface area (Å²) >= 11 is 3.02. The number of nitriles is 1. The van der Waals surface area contributed by atoms with Gasteiger partial charge in [0, 0.05) is 0 Å². The molecular formula is C9H5BrF3N. The fourth-order valence-electron chi connectivity index (χ4n) is 0.916. The molecule has 0 N–H and O–H groups in total. The summed E-state index contributed by atoms with van der Waals surface area (Å²) in [5, 5.41) is 8.50. The molecule has 0 saturated carbocycles. The maximum Gasteiger partial charge on any atom is 0.416 e. The number of nitrogens with zero attached hydrogens (tertiary/aromatic N) is 1. The van der Waals surface area contributed by atoms with Crippen LogP contribution >= 0.6 is 15.9 Å². The summed E-state index contributed by atoms with van der Waals surface area (Å²) in [4.78, 5) is -0.565. The van der Waals surface area contributed by atoms with Crippen LogP contribution in [-0.4, -0.2) is 0 Å². The standard InChI is InChI=1S/C9H5BrF3N/c10-8(5-14)6-1-3-7(4-2-6)9(11,12)13/h1-4,8H. The highest BCUT2D eigenvalue weighted by Crippen LogP contribution is 2.30. The third kappa shape index (κ3) is 2.48. The van der Waals surface area contributed by atoms with Crippen LogP contribution in [0.3, 0.4) is 0 Å². The van der Waals surface area contributed by atoms with Crippen LogP contribution < -0.4 is 0 Å². The summed E-state index contributed by atoms with van der Waals surface area (Å²) in [7, 11) is 0. The maximum atomic E-state index is 12.1. The van der Waals surface area contributed by atoms with Crippen molar-refractivity contribution in [3.63, 3.8) is 0 Å². The van der Waals surface area contributed by atoms with Crippen LogP contribution in [0.1, 0.15) is 16.0 Å². The van der Waals surface area contributed by atoms with Gasteiger partial charge in [0.05, 0.1) is 11.6 Å². The Bertz CT molecular complexity index is 350. The van der Waals surface area contributed by atoms with Crippen LogP contribution in [0.15, 0.2) is 24.3 Å². The predicted molar refractivity (Wildman–Crippen MR) is 48.7 cm³/mol. The molecule has 0 amide bonds. The van der Waals surface area contributed by atoms with Crippen LogP contribution in [0.4, 0.5) is 13.2 Å². The molecule has 74 valence electrons. The summed E-state index contributed by atoms with van der Waals surface area (Å²) < 4.78 is 36.4. The van der Waals surface area contributed by atoms with Gasteiger partial charge >= 0.3 is 6.18 Å². The van der Waals surface area contributed by atoms with Crippen LogP contribution in [0.5, 0.6) is 0 Å². The van der Waals surface area contributed by atoms with E-state index in [2.05, 4.69) is 15.9 Å². The quantitative estimate of drug-likeness (QED) is 0.710. The predicted octanol–water partition coefficient (Wildman–Crippen LogP) is 3.66. The van der Waals surface area contributed by atoms with Crippen molar-refractivity contribution in [1.29, 1.82) is 5.26 Å². The third-order valence-electron chi connectivity index (χ3n) is 1.64. The molecule has 1 unspecified atom stereocenters. The highest BCUT2D eigenvalue weighted by molar-refractivity contribution is 9.09. The normalized spacial score (nSPS) is 13.4. The van der Waals surface area contributed by atoms with Crippen molar-refractivity contribution in [3.05, 3.63) is 35.4 Å². The molecule has 0 fully saturated rings. The minimum absolute atomic E-state index is 0.514. The minimum atomic E-state index is -4.33. The van der Waals surface area contributed by atoms with E-state index in [1.165, 1.54) is 12.1 Å². The van der Waals surface area contributed by atoms with E-state index in [-0.39, 0.29) is 0 Å². The first-order valence-electron chi connectivity index (χ1n) is 3.66. The van der Waals surface area contributed by atoms with Gasteiger partial charge in [-0.3, -0.25) is 0 Å². The molecule has 1 aromatic carbocycles. The molecule has 0 heterocycles. The van der Waals surface area contributed by atoms with E-state index in [1.807, 2.05) is 6.07 Å². The Labute approximate surface area is 87.3 Å². The van der Waals surface area contributed by atoms with E-state index >= 15 is 0 Å². The lowest BCUT2D eigenvalue weighted by Gasteiger charge is -2.07. The SMILES string of the molecule is N#CC(Br)c1ccc(C(F)(F)F)cc1. The van der Waals surface area contributed by atoms with Gasteiger partial charge in [-0.15, -0.1) is 0 Å². The molecule has 0 radical (unpaired) electrons. The van der Waals surface area contributed by atoms with E-state index in [1.54, 1.807) is 0 Å². The molecule has 0 aliphatic heterocycles. The molecule has 0 aliphatic carbocycles. The van der Waals surface area contributed by atoms with Gasteiger partial charge in [0.15, 0.2) is 0 Å². The van der Waals surface area contributed by atoms with Gasteiger partial charge < -0.3 is 0 Å². The van der Waals surface area contributed by atoms with Crippen molar-refractivity contribution in [2.75, 3.05) is 0 Å². The number of alkyl halides is 4. The van der Waals surface area contributed by atoms with E-state index < -0.39 is 16.6 Å². The lowest BCUT2D eigenvalue weighted by Crippen LogP contribution is -2.04. The topological polar surface area (TPSA) is 23.8 Å². The number of halogens is 4. The molecule has 0 saturated heterocycles. The molecule has 0 bridgehead atoms. The third-order valence-corrected chi connectivity index (χ3v) is 2.38. The first-order chi connectivity index (χ1) is 6.45. The van der Waals surface area contributed by atoms with Crippen LogP contribution in [0.2, 0.25) is 0 Å². The van der Waals surface area contributed by atoms with Crippen molar-refractivity contribution in [1.82, 2.24) is 0 Å². The second kappa shape index (κ2) is 4.01. The molecule has 14 heavy (non-hydrogen) atoms. The summed E-state index contributed by atoms with van der Waals surface area (Å²) in [5.74, 6) is 0. The number of rotatable bonds is 1. The number of benzene rings is 1. The molecule has 1 atom stereocenters. The van der Waals surface area contributed by atoms with E-state index in [4.69, 9.17) is 5.26 Å². The second-order valence-corrected chi connectivity index (χ2v) is 3.53. The van der Waals surface area contributed by atoms with Crippen LogP contribution in [0, 0.1) is 11.3 Å². The fraction of sp³-hybridized carbons (Fsp3) is 0.222. The monoisotopic (exact) mass is 263 g/mol. The zero-order valence-electron chi connectivity index (χ0n) is 6.85. The van der Waals surface area contributed by atoms with Crippen molar-refractivity contribution in [3.8, 4) is 6.07 Å². The largest absolute Gasteiger partial charge is 0.416 e. The van der Waals surface area contributed by atoms with E-state index in [0.717, 1.165) is 12.1 Å². The Kier molecular flexibility index (Phi) is 3.17. The number of hydrogen-bond acceptors (Lipinski definition) is 1. The summed E-state index contributed by atoms with van der Waals surface area (Å²) in [5.41, 5.74) is -0.195. The molecule has 0 aromatic heterocycles. The van der Waals surface area contributed by atoms with E-state index in [0.29, 0.717) is 5.56 Å². The molecule has 1 rings (SSSR count). The fourth-order valence-corrected chi connectivity index (χ4v) is 1.22.